The van der Waals surface area contributed by atoms with Gasteiger partial charge in [-0.1, -0.05) is 12.1 Å². The lowest BCUT2D eigenvalue weighted by Gasteiger charge is -2.16. The third kappa shape index (κ3) is 3.51. The standard InChI is InChI=1S/C24H20N2O6/c1-30-15-9-11-18(21(13-15)32-3)25-22(27)14-8-10-16-17(12-14)24(29)26(23(16)28)19-6-4-5-7-20(19)31-2/h4-13H,1-3H3,(H,25,27). The van der Waals surface area contributed by atoms with Crippen molar-refractivity contribution in [2.24, 2.45) is 0 Å². The predicted octanol–water partition coefficient (Wildman–Crippen LogP) is 3.77. The van der Waals surface area contributed by atoms with Crippen LogP contribution in [0.15, 0.2) is 60.7 Å². The molecule has 3 amide bonds. The Kier molecular flexibility index (Phi) is 5.51. The molecular formula is C24H20N2O6. The number of ether oxygens (including phenoxy) is 3. The first-order chi connectivity index (χ1) is 15.5. The number of nitrogens with zero attached hydrogens (tertiary/aromatic N) is 1. The molecule has 0 aromatic heterocycles. The van der Waals surface area contributed by atoms with E-state index in [1.807, 2.05) is 0 Å². The SMILES string of the molecule is COc1ccc(NC(=O)c2ccc3c(c2)C(=O)N(c2ccccc2OC)C3=O)c(OC)c1. The third-order valence-electron chi connectivity index (χ3n) is 5.13. The van der Waals surface area contributed by atoms with Crippen molar-refractivity contribution in [3.63, 3.8) is 0 Å². The van der Waals surface area contributed by atoms with Gasteiger partial charge in [0.05, 0.1) is 43.8 Å². The van der Waals surface area contributed by atoms with Gasteiger partial charge >= 0.3 is 0 Å². The van der Waals surface area contributed by atoms with Crippen molar-refractivity contribution >= 4 is 29.1 Å². The fourth-order valence-electron chi connectivity index (χ4n) is 3.51. The fraction of sp³-hybridized carbons (Fsp3) is 0.125. The molecule has 0 atom stereocenters. The Morgan fingerprint density at radius 3 is 2.22 bits per heavy atom. The minimum Gasteiger partial charge on any atom is -0.497 e. The van der Waals surface area contributed by atoms with Crippen LogP contribution < -0.4 is 24.4 Å². The van der Waals surface area contributed by atoms with Gasteiger partial charge < -0.3 is 19.5 Å². The molecule has 8 heteroatoms. The van der Waals surface area contributed by atoms with Crippen LogP contribution in [0.4, 0.5) is 11.4 Å². The first-order valence-electron chi connectivity index (χ1n) is 9.67. The number of amides is 3. The summed E-state index contributed by atoms with van der Waals surface area (Å²) in [5.74, 6) is -0.0475. The number of hydrogen-bond acceptors (Lipinski definition) is 6. The van der Waals surface area contributed by atoms with Crippen LogP contribution >= 0.6 is 0 Å². The predicted molar refractivity (Wildman–Crippen MR) is 118 cm³/mol. The van der Waals surface area contributed by atoms with Gasteiger partial charge in [0.15, 0.2) is 0 Å². The van der Waals surface area contributed by atoms with Crippen molar-refractivity contribution in [2.45, 2.75) is 0 Å². The van der Waals surface area contributed by atoms with Crippen molar-refractivity contribution in [1.29, 1.82) is 0 Å². The highest BCUT2D eigenvalue weighted by atomic mass is 16.5. The topological polar surface area (TPSA) is 94.2 Å². The third-order valence-corrected chi connectivity index (χ3v) is 5.13. The van der Waals surface area contributed by atoms with Gasteiger partial charge in [-0.05, 0) is 42.5 Å². The monoisotopic (exact) mass is 432 g/mol. The number of methoxy groups -OCH3 is 3. The Labute approximate surface area is 184 Å². The summed E-state index contributed by atoms with van der Waals surface area (Å²) in [5.41, 5.74) is 1.38. The van der Waals surface area contributed by atoms with Crippen molar-refractivity contribution in [1.82, 2.24) is 0 Å². The van der Waals surface area contributed by atoms with Crippen LogP contribution in [0, 0.1) is 0 Å². The van der Waals surface area contributed by atoms with Crippen LogP contribution in [-0.2, 0) is 0 Å². The van der Waals surface area contributed by atoms with E-state index >= 15 is 0 Å². The fourth-order valence-corrected chi connectivity index (χ4v) is 3.51. The average Bonchev–Trinajstić information content (AvgIpc) is 3.08. The molecule has 32 heavy (non-hydrogen) atoms. The van der Waals surface area contributed by atoms with Gasteiger partial charge in [0.1, 0.15) is 17.2 Å². The van der Waals surface area contributed by atoms with E-state index in [1.165, 1.54) is 39.5 Å². The largest absolute Gasteiger partial charge is 0.497 e. The minimum absolute atomic E-state index is 0.148. The molecule has 8 nitrogen and oxygen atoms in total. The van der Waals surface area contributed by atoms with E-state index in [9.17, 15) is 14.4 Å². The van der Waals surface area contributed by atoms with Crippen molar-refractivity contribution in [3.8, 4) is 17.2 Å². The lowest BCUT2D eigenvalue weighted by molar-refractivity contribution is 0.0924. The highest BCUT2D eigenvalue weighted by Gasteiger charge is 2.38. The van der Waals surface area contributed by atoms with Gasteiger partial charge in [0, 0.05) is 11.6 Å². The minimum atomic E-state index is -0.522. The number of benzene rings is 3. The Hall–Kier alpha value is -4.33. The Morgan fingerprint density at radius 2 is 1.50 bits per heavy atom. The molecule has 1 heterocycles. The first-order valence-corrected chi connectivity index (χ1v) is 9.67. The molecule has 3 aromatic rings. The van der Waals surface area contributed by atoms with Gasteiger partial charge in [-0.15, -0.1) is 0 Å². The number of hydrogen-bond donors (Lipinski definition) is 1. The maximum atomic E-state index is 13.1. The van der Waals surface area contributed by atoms with Gasteiger partial charge in [0.25, 0.3) is 17.7 Å². The van der Waals surface area contributed by atoms with E-state index in [4.69, 9.17) is 14.2 Å². The first kappa shape index (κ1) is 20.9. The van der Waals surface area contributed by atoms with Crippen molar-refractivity contribution in [3.05, 3.63) is 77.4 Å². The number of carbonyl (C=O) groups excluding carboxylic acids is 3. The zero-order chi connectivity index (χ0) is 22.8. The van der Waals surface area contributed by atoms with Crippen LogP contribution in [0.3, 0.4) is 0 Å². The highest BCUT2D eigenvalue weighted by molar-refractivity contribution is 6.35. The van der Waals surface area contributed by atoms with Gasteiger partial charge in [0.2, 0.25) is 0 Å². The maximum Gasteiger partial charge on any atom is 0.266 e. The molecule has 0 radical (unpaired) electrons. The molecule has 0 spiro atoms. The van der Waals surface area contributed by atoms with Crippen LogP contribution in [0.2, 0.25) is 0 Å². The summed E-state index contributed by atoms with van der Waals surface area (Å²) >= 11 is 0. The zero-order valence-corrected chi connectivity index (χ0v) is 17.7. The molecule has 0 unspecified atom stereocenters. The Morgan fingerprint density at radius 1 is 0.781 bits per heavy atom. The number of imide groups is 1. The summed E-state index contributed by atoms with van der Waals surface area (Å²) in [6.45, 7) is 0. The van der Waals surface area contributed by atoms with Gasteiger partial charge in [-0.25, -0.2) is 4.90 Å². The smallest absolute Gasteiger partial charge is 0.266 e. The lowest BCUT2D eigenvalue weighted by Crippen LogP contribution is -2.29. The second kappa shape index (κ2) is 8.43. The van der Waals surface area contributed by atoms with Crippen LogP contribution in [0.5, 0.6) is 17.2 Å². The molecule has 0 fully saturated rings. The second-order valence-corrected chi connectivity index (χ2v) is 6.90. The van der Waals surface area contributed by atoms with Crippen molar-refractivity contribution in [2.75, 3.05) is 31.5 Å². The number of carbonyl (C=O) groups is 3. The van der Waals surface area contributed by atoms with E-state index in [2.05, 4.69) is 5.32 Å². The molecule has 1 aliphatic heterocycles. The van der Waals surface area contributed by atoms with E-state index in [1.54, 1.807) is 42.5 Å². The molecule has 0 aliphatic carbocycles. The maximum absolute atomic E-state index is 13.1. The summed E-state index contributed by atoms with van der Waals surface area (Å²) in [4.78, 5) is 39.9. The Balaban J connectivity index is 1.64. The highest BCUT2D eigenvalue weighted by Crippen LogP contribution is 2.35. The Bertz CT molecular complexity index is 1240. The number of rotatable bonds is 6. The number of nitrogens with one attached hydrogen (secondary N) is 1. The van der Waals surface area contributed by atoms with Gasteiger partial charge in [-0.3, -0.25) is 14.4 Å². The number of anilines is 2. The summed E-state index contributed by atoms with van der Waals surface area (Å²) in [6, 6.07) is 16.1. The zero-order valence-electron chi connectivity index (χ0n) is 17.7. The molecule has 0 saturated carbocycles. The molecule has 4 rings (SSSR count). The normalized spacial score (nSPS) is 12.4. The van der Waals surface area contributed by atoms with E-state index in [-0.39, 0.29) is 16.7 Å². The second-order valence-electron chi connectivity index (χ2n) is 6.90. The molecule has 3 aromatic carbocycles. The average molecular weight is 432 g/mol. The molecule has 162 valence electrons. The van der Waals surface area contributed by atoms with Crippen LogP contribution in [-0.4, -0.2) is 39.1 Å². The van der Waals surface area contributed by atoms with E-state index < -0.39 is 17.7 Å². The lowest BCUT2D eigenvalue weighted by atomic mass is 10.1. The van der Waals surface area contributed by atoms with E-state index in [0.29, 0.717) is 28.6 Å². The molecule has 0 bridgehead atoms. The molecule has 1 aliphatic rings. The quantitative estimate of drug-likeness (QED) is 0.596. The van der Waals surface area contributed by atoms with Crippen LogP contribution in [0.1, 0.15) is 31.1 Å². The molecule has 0 saturated heterocycles. The number of para-hydroxylation sites is 2. The number of fused-ring (bicyclic) bond motifs is 1. The summed E-state index contributed by atoms with van der Waals surface area (Å²) < 4.78 is 15.8. The van der Waals surface area contributed by atoms with Gasteiger partial charge in [-0.2, -0.15) is 0 Å². The molecular weight excluding hydrogens is 412 g/mol. The summed E-state index contributed by atoms with van der Waals surface area (Å²) in [7, 11) is 4.48. The summed E-state index contributed by atoms with van der Waals surface area (Å²) in [6.07, 6.45) is 0. The van der Waals surface area contributed by atoms with E-state index in [0.717, 1.165) is 4.90 Å². The van der Waals surface area contributed by atoms with Crippen molar-refractivity contribution < 1.29 is 28.6 Å². The summed E-state index contributed by atoms with van der Waals surface area (Å²) in [5, 5.41) is 2.76. The molecule has 1 N–H and O–H groups in total. The van der Waals surface area contributed by atoms with Crippen LogP contribution in [0.25, 0.3) is 0 Å².